The number of nitrogens with one attached hydrogen (secondary N) is 1. The molecule has 1 saturated carbocycles. The van der Waals surface area contributed by atoms with Crippen molar-refractivity contribution in [2.75, 3.05) is 13.7 Å². The number of fused-ring (bicyclic) bond motifs is 1. The van der Waals surface area contributed by atoms with Gasteiger partial charge in [0, 0.05) is 22.1 Å². The van der Waals surface area contributed by atoms with Gasteiger partial charge in [-0.2, -0.15) is 0 Å². The molecule has 4 atom stereocenters. The third-order valence-corrected chi connectivity index (χ3v) is 8.06. The van der Waals surface area contributed by atoms with E-state index in [1.165, 1.54) is 4.90 Å². The number of carboxylic acids is 1. The highest BCUT2D eigenvalue weighted by Gasteiger charge is 2.69. The van der Waals surface area contributed by atoms with Crippen LogP contribution in [-0.4, -0.2) is 53.0 Å². The van der Waals surface area contributed by atoms with Crippen LogP contribution in [0.25, 0.3) is 0 Å². The Hall–Kier alpha value is -1.97. The number of nitrogens with zero attached hydrogens (tertiary/aromatic N) is 1. The number of likely N-dealkylation sites (tertiary alicyclic amines) is 1. The van der Waals surface area contributed by atoms with Gasteiger partial charge < -0.3 is 15.6 Å². The van der Waals surface area contributed by atoms with Gasteiger partial charge in [-0.1, -0.05) is 35.2 Å². The summed E-state index contributed by atoms with van der Waals surface area (Å²) in [5.74, 6) is -2.92. The minimum absolute atomic E-state index is 0.148. The fraction of sp³-hybridized carbons (Fsp3) is 0.625. The highest BCUT2D eigenvalue weighted by Crippen LogP contribution is 2.53. The van der Waals surface area contributed by atoms with Gasteiger partial charge in [-0.3, -0.25) is 24.6 Å². The van der Waals surface area contributed by atoms with Crippen LogP contribution in [0.1, 0.15) is 63.0 Å². The average Bonchev–Trinajstić information content (AvgIpc) is 3.29. The van der Waals surface area contributed by atoms with E-state index in [-0.39, 0.29) is 24.3 Å². The van der Waals surface area contributed by atoms with Crippen molar-refractivity contribution < 1.29 is 24.2 Å². The monoisotopic (exact) mass is 521 g/mol. The van der Waals surface area contributed by atoms with Gasteiger partial charge in [0.25, 0.3) is 0 Å². The number of hydrogen-bond acceptors (Lipinski definition) is 6. The van der Waals surface area contributed by atoms with Crippen molar-refractivity contribution in [2.24, 2.45) is 17.6 Å². The Morgan fingerprint density at radius 2 is 1.97 bits per heavy atom. The summed E-state index contributed by atoms with van der Waals surface area (Å²) < 4.78 is 6.34. The standard InChI is InChI=1S/C24H32BrN3O5/c1-33-17-10-9-14(25)13-16(17)20-18-19(24(27-20,23(31)32)11-5-6-12-26)22(30)28(21(18)29)15-7-3-2-4-8-15/h9-10,13,15,18-20,27H,2-8,11-12,26H2,1H3,(H,31,32). The second-order valence-electron chi connectivity index (χ2n) is 9.37. The van der Waals surface area contributed by atoms with Crippen molar-refractivity contribution in [1.29, 1.82) is 0 Å². The average molecular weight is 522 g/mol. The zero-order chi connectivity index (χ0) is 23.8. The summed E-state index contributed by atoms with van der Waals surface area (Å²) >= 11 is 3.48. The van der Waals surface area contributed by atoms with Crippen LogP contribution < -0.4 is 15.8 Å². The second-order valence-corrected chi connectivity index (χ2v) is 10.3. The van der Waals surface area contributed by atoms with E-state index in [1.54, 1.807) is 13.2 Å². The fourth-order valence-corrected chi connectivity index (χ4v) is 6.40. The first-order chi connectivity index (χ1) is 15.9. The number of methoxy groups -OCH3 is 1. The van der Waals surface area contributed by atoms with Crippen molar-refractivity contribution in [2.45, 2.75) is 69.0 Å². The summed E-state index contributed by atoms with van der Waals surface area (Å²) in [5, 5.41) is 13.7. The van der Waals surface area contributed by atoms with Crippen molar-refractivity contribution >= 4 is 33.7 Å². The second kappa shape index (κ2) is 9.72. The first-order valence-corrected chi connectivity index (χ1v) is 12.6. The molecule has 4 N–H and O–H groups in total. The highest BCUT2D eigenvalue weighted by molar-refractivity contribution is 9.10. The number of ether oxygens (including phenoxy) is 1. The molecule has 3 aliphatic rings. The summed E-state index contributed by atoms with van der Waals surface area (Å²) in [7, 11) is 1.54. The molecule has 4 rings (SSSR count). The van der Waals surface area contributed by atoms with E-state index in [1.807, 2.05) is 12.1 Å². The number of carboxylic acid groups (broad SMARTS) is 1. The van der Waals surface area contributed by atoms with Crippen molar-refractivity contribution in [3.8, 4) is 5.75 Å². The molecule has 2 heterocycles. The van der Waals surface area contributed by atoms with Gasteiger partial charge in [0.2, 0.25) is 11.8 Å². The molecule has 8 nitrogen and oxygen atoms in total. The number of benzene rings is 1. The normalized spacial score (nSPS) is 30.0. The third-order valence-electron chi connectivity index (χ3n) is 7.56. The first-order valence-electron chi connectivity index (χ1n) is 11.8. The zero-order valence-electron chi connectivity index (χ0n) is 18.9. The molecule has 4 unspecified atom stereocenters. The van der Waals surface area contributed by atoms with Gasteiger partial charge in [-0.25, -0.2) is 0 Å². The predicted molar refractivity (Wildman–Crippen MR) is 126 cm³/mol. The maximum Gasteiger partial charge on any atom is 0.324 e. The summed E-state index contributed by atoms with van der Waals surface area (Å²) in [6.07, 6.45) is 6.02. The molecule has 1 aromatic rings. The Morgan fingerprint density at radius 1 is 1.24 bits per heavy atom. The van der Waals surface area contributed by atoms with Crippen LogP contribution in [-0.2, 0) is 14.4 Å². The maximum absolute atomic E-state index is 13.8. The smallest absolute Gasteiger partial charge is 0.324 e. The Labute approximate surface area is 202 Å². The number of halogens is 1. The van der Waals surface area contributed by atoms with Crippen LogP contribution in [0.5, 0.6) is 5.75 Å². The zero-order valence-corrected chi connectivity index (χ0v) is 20.5. The van der Waals surface area contributed by atoms with E-state index in [0.29, 0.717) is 30.7 Å². The third kappa shape index (κ3) is 4.08. The topological polar surface area (TPSA) is 122 Å². The van der Waals surface area contributed by atoms with Crippen molar-refractivity contribution in [1.82, 2.24) is 10.2 Å². The fourth-order valence-electron chi connectivity index (χ4n) is 6.02. The van der Waals surface area contributed by atoms with E-state index in [0.717, 1.165) is 36.6 Å². The van der Waals surface area contributed by atoms with Crippen LogP contribution in [0.15, 0.2) is 22.7 Å². The summed E-state index contributed by atoms with van der Waals surface area (Å²) in [5.41, 5.74) is 4.80. The van der Waals surface area contributed by atoms with E-state index in [2.05, 4.69) is 21.2 Å². The van der Waals surface area contributed by atoms with Crippen molar-refractivity contribution in [3.05, 3.63) is 28.2 Å². The van der Waals surface area contributed by atoms with Crippen molar-refractivity contribution in [3.63, 3.8) is 0 Å². The number of unbranched alkanes of at least 4 members (excludes halogenated alkanes) is 1. The van der Waals surface area contributed by atoms with Crippen LogP contribution in [0, 0.1) is 11.8 Å². The van der Waals surface area contributed by atoms with E-state index in [4.69, 9.17) is 10.5 Å². The van der Waals surface area contributed by atoms with Gasteiger partial charge in [0.05, 0.1) is 18.9 Å². The number of hydrogen-bond donors (Lipinski definition) is 3. The maximum atomic E-state index is 13.8. The molecule has 9 heteroatoms. The SMILES string of the molecule is COc1ccc(Br)cc1C1NC(CCCCN)(C(=O)O)C2C(=O)N(C3CCCCC3)C(=O)C12. The number of imide groups is 1. The Bertz CT molecular complexity index is 935. The molecule has 0 bridgehead atoms. The molecule has 3 fully saturated rings. The lowest BCUT2D eigenvalue weighted by Crippen LogP contribution is -2.56. The van der Waals surface area contributed by atoms with Gasteiger partial charge in [0.1, 0.15) is 11.3 Å². The molecular formula is C24H32BrN3O5. The lowest BCUT2D eigenvalue weighted by Gasteiger charge is -2.34. The number of carbonyl (C=O) groups is 3. The molecule has 2 aliphatic heterocycles. The first kappa shape index (κ1) is 24.2. The van der Waals surface area contributed by atoms with Gasteiger partial charge in [0.15, 0.2) is 0 Å². The summed E-state index contributed by atoms with van der Waals surface area (Å²) in [6, 6.07) is 4.65. The summed E-state index contributed by atoms with van der Waals surface area (Å²) in [4.78, 5) is 41.8. The Balaban J connectivity index is 1.81. The number of rotatable bonds is 8. The molecule has 0 aromatic heterocycles. The molecule has 0 radical (unpaired) electrons. The molecular weight excluding hydrogens is 490 g/mol. The molecule has 33 heavy (non-hydrogen) atoms. The molecule has 2 saturated heterocycles. The molecule has 2 amide bonds. The Kier molecular flexibility index (Phi) is 7.12. The molecule has 0 spiro atoms. The predicted octanol–water partition coefficient (Wildman–Crippen LogP) is 2.99. The van der Waals surface area contributed by atoms with E-state index in [9.17, 15) is 19.5 Å². The Morgan fingerprint density at radius 3 is 2.61 bits per heavy atom. The lowest BCUT2D eigenvalue weighted by molar-refractivity contribution is -0.153. The molecule has 1 aromatic carbocycles. The molecule has 180 valence electrons. The summed E-state index contributed by atoms with van der Waals surface area (Å²) in [6.45, 7) is 0.438. The van der Waals surface area contributed by atoms with E-state index >= 15 is 0 Å². The number of aliphatic carboxylic acids is 1. The van der Waals surface area contributed by atoms with Gasteiger partial charge in [-0.15, -0.1) is 0 Å². The quantitative estimate of drug-likeness (QED) is 0.355. The number of nitrogens with two attached hydrogens (primary N) is 1. The number of carbonyl (C=O) groups excluding carboxylic acids is 2. The lowest BCUT2D eigenvalue weighted by atomic mass is 9.76. The largest absolute Gasteiger partial charge is 0.496 e. The number of amides is 2. The van der Waals surface area contributed by atoms with Crippen LogP contribution >= 0.6 is 15.9 Å². The van der Waals surface area contributed by atoms with Gasteiger partial charge in [-0.05, 0) is 56.8 Å². The van der Waals surface area contributed by atoms with Crippen LogP contribution in [0.3, 0.4) is 0 Å². The minimum atomic E-state index is -1.53. The highest BCUT2D eigenvalue weighted by atomic mass is 79.9. The van der Waals surface area contributed by atoms with Crippen LogP contribution in [0.2, 0.25) is 0 Å². The van der Waals surface area contributed by atoms with Crippen LogP contribution in [0.4, 0.5) is 0 Å². The molecule has 1 aliphatic carbocycles. The van der Waals surface area contributed by atoms with E-state index < -0.39 is 29.4 Å². The van der Waals surface area contributed by atoms with Gasteiger partial charge >= 0.3 is 5.97 Å². The minimum Gasteiger partial charge on any atom is -0.496 e.